The molecule has 2 N–H and O–H groups in total. The first-order chi connectivity index (χ1) is 19.6. The van der Waals surface area contributed by atoms with Gasteiger partial charge < -0.3 is 4.74 Å². The van der Waals surface area contributed by atoms with Crippen molar-refractivity contribution in [2.24, 2.45) is 0 Å². The number of nitrogens with one attached hydrogen (secondary N) is 1. The Morgan fingerprint density at radius 2 is 1.80 bits per heavy atom. The molecule has 2 aromatic rings. The molecule has 1 unspecified atom stereocenters. The van der Waals surface area contributed by atoms with E-state index in [1.807, 2.05) is 11.0 Å². The number of benzene rings is 2. The molecule has 1 saturated carbocycles. The predicted molar refractivity (Wildman–Crippen MR) is 162 cm³/mol. The van der Waals surface area contributed by atoms with Crippen molar-refractivity contribution >= 4 is 24.8 Å². The van der Waals surface area contributed by atoms with Crippen molar-refractivity contribution in [3.63, 3.8) is 0 Å². The first-order valence-corrected chi connectivity index (χ1v) is 14.7. The van der Waals surface area contributed by atoms with Gasteiger partial charge in [0.05, 0.1) is 13.7 Å². The molecule has 2 aromatic carbocycles. The van der Waals surface area contributed by atoms with Crippen LogP contribution in [0, 0.1) is 13.8 Å². The molecule has 2 aliphatic rings. The maximum Gasteiger partial charge on any atom is 0.299 e. The van der Waals surface area contributed by atoms with Crippen LogP contribution in [0.25, 0.3) is 6.08 Å². The van der Waals surface area contributed by atoms with E-state index in [1.165, 1.54) is 22.3 Å². The lowest BCUT2D eigenvalue weighted by Gasteiger charge is -2.35. The Labute approximate surface area is 248 Å². The summed E-state index contributed by atoms with van der Waals surface area (Å²) in [4.78, 5) is 15.8. The summed E-state index contributed by atoms with van der Waals surface area (Å²) in [6, 6.07) is 10.9. The highest BCUT2D eigenvalue weighted by molar-refractivity contribution is 7.74. The maximum atomic E-state index is 12.6. The Kier molecular flexibility index (Phi) is 12.6. The Hall–Kier alpha value is -2.50. The number of hydrogen-bond acceptors (Lipinski definition) is 6. The van der Waals surface area contributed by atoms with E-state index in [0.717, 1.165) is 51.1 Å². The van der Waals surface area contributed by atoms with E-state index in [2.05, 4.69) is 62.1 Å². The predicted octanol–water partition coefficient (Wildman–Crippen LogP) is 6.05. The number of rotatable bonds is 11. The molecule has 1 atom stereocenters. The third-order valence-electron chi connectivity index (χ3n) is 7.53. The number of amides is 1. The second kappa shape index (κ2) is 15.7. The van der Waals surface area contributed by atoms with Gasteiger partial charge in [0.15, 0.2) is 6.04 Å². The summed E-state index contributed by atoms with van der Waals surface area (Å²) in [5.74, 6) is 0.597. The van der Waals surface area contributed by atoms with Crippen molar-refractivity contribution in [2.45, 2.75) is 65.5 Å². The van der Waals surface area contributed by atoms with Gasteiger partial charge in [-0.1, -0.05) is 43.7 Å². The van der Waals surface area contributed by atoms with Crippen molar-refractivity contribution in [3.8, 4) is 5.75 Å². The number of methoxy groups -OCH3 is 1. The minimum Gasteiger partial charge on any atom is -0.496 e. The number of alkyl halides is 2. The van der Waals surface area contributed by atoms with Gasteiger partial charge in [-0.15, -0.1) is 0 Å². The molecule has 1 amide bonds. The average Bonchev–Trinajstić information content (AvgIpc) is 3.80. The van der Waals surface area contributed by atoms with E-state index >= 15 is 0 Å². The number of carbonyl (C=O) groups is 1. The van der Waals surface area contributed by atoms with Crippen LogP contribution >= 0.6 is 12.8 Å². The lowest BCUT2D eigenvalue weighted by Crippen LogP contribution is -2.52. The summed E-state index contributed by atoms with van der Waals surface area (Å²) >= 11 is 3.99. The molecule has 1 aliphatic heterocycles. The van der Waals surface area contributed by atoms with E-state index in [1.54, 1.807) is 31.4 Å². The van der Waals surface area contributed by atoms with Crippen LogP contribution in [0.4, 0.5) is 8.78 Å². The topological polar surface area (TPSA) is 65.0 Å². The lowest BCUT2D eigenvalue weighted by molar-refractivity contribution is -1.03. The average molecular weight is 592 g/mol. The minimum absolute atomic E-state index is 0.0148. The molecule has 7 nitrogen and oxygen atoms in total. The van der Waals surface area contributed by atoms with Gasteiger partial charge in [0, 0.05) is 56.7 Å². The highest BCUT2D eigenvalue weighted by atomic mass is 32.1. The van der Waals surface area contributed by atoms with E-state index in [0.29, 0.717) is 18.7 Å². The molecular formula is C31H45F2N4O3S+. The summed E-state index contributed by atoms with van der Waals surface area (Å²) in [5, 5.41) is 9.76. The van der Waals surface area contributed by atoms with Gasteiger partial charge >= 0.3 is 0 Å². The largest absolute Gasteiger partial charge is 0.496 e. The van der Waals surface area contributed by atoms with Crippen LogP contribution in [0.15, 0.2) is 42.5 Å². The molecule has 1 heterocycles. The molecule has 0 aromatic heterocycles. The number of allylic oxidation sites excluding steroid dienone is 1. The number of piperazine rings is 1. The molecule has 41 heavy (non-hydrogen) atoms. The summed E-state index contributed by atoms with van der Waals surface area (Å²) in [7, 11) is 1.72. The molecule has 2 fully saturated rings. The smallest absolute Gasteiger partial charge is 0.299 e. The third-order valence-corrected chi connectivity index (χ3v) is 7.95. The first-order valence-electron chi connectivity index (χ1n) is 14.3. The standard InChI is InChI=1S/C21H32F2N2O.C10H12N2O2S/c1-5-6-7-8-18-17(3)16(2)13-20(26-4)19(18)14-24-9-11-25(12-10-24)15-21(22)23;13-10(8-4-2-1-3-5-8)11-12(14,15)9-6-7-9/h7-8,13,21H,5-6,9-12,14-15H2,1-4H3;1-5,9,14-15H,6-7H2/p+1/b8-7-;. The number of ether oxygens (including phenoxy) is 1. The molecule has 0 bridgehead atoms. The molecule has 4 rings (SSSR count). The normalized spacial score (nSPS) is 17.7. The molecule has 10 heteroatoms. The first kappa shape index (κ1) is 33.0. The van der Waals surface area contributed by atoms with Crippen LogP contribution in [0.5, 0.6) is 5.75 Å². The van der Waals surface area contributed by atoms with Crippen LogP contribution in [0.1, 0.15) is 65.2 Å². The molecular weight excluding hydrogens is 546 g/mol. The van der Waals surface area contributed by atoms with Crippen molar-refractivity contribution in [3.05, 3.63) is 70.3 Å². The monoisotopic (exact) mass is 591 g/mol. The molecule has 0 radical (unpaired) electrons. The van der Waals surface area contributed by atoms with Gasteiger partial charge in [-0.05, 0) is 59.3 Å². The molecule has 226 valence electrons. The van der Waals surface area contributed by atoms with Gasteiger partial charge in [-0.2, -0.15) is 10.6 Å². The second-order valence-electron chi connectivity index (χ2n) is 10.8. The summed E-state index contributed by atoms with van der Waals surface area (Å²) < 4.78 is 30.1. The van der Waals surface area contributed by atoms with E-state index in [-0.39, 0.29) is 18.5 Å². The lowest BCUT2D eigenvalue weighted by atomic mass is 9.95. The fourth-order valence-corrected chi connectivity index (χ4v) is 5.10. The van der Waals surface area contributed by atoms with E-state index in [9.17, 15) is 18.8 Å². The molecule has 1 saturated heterocycles. The fourth-order valence-electron chi connectivity index (χ4n) is 4.78. The van der Waals surface area contributed by atoms with Crippen LogP contribution in [-0.2, 0) is 6.54 Å². The molecule has 1 aliphatic carbocycles. The van der Waals surface area contributed by atoms with Crippen LogP contribution in [0.3, 0.4) is 0 Å². The van der Waals surface area contributed by atoms with Crippen molar-refractivity contribution in [1.29, 1.82) is 0 Å². The summed E-state index contributed by atoms with van der Waals surface area (Å²) in [6.07, 6.45) is 6.14. The summed E-state index contributed by atoms with van der Waals surface area (Å²) in [5.41, 5.74) is 7.92. The molecule has 0 spiro atoms. The van der Waals surface area contributed by atoms with Gasteiger partial charge in [0.2, 0.25) is 0 Å². The van der Waals surface area contributed by atoms with Crippen LogP contribution < -0.4 is 10.2 Å². The third kappa shape index (κ3) is 10.1. The van der Waals surface area contributed by atoms with Gasteiger partial charge in [0.25, 0.3) is 12.3 Å². The van der Waals surface area contributed by atoms with Crippen molar-refractivity contribution in [1.82, 2.24) is 15.2 Å². The highest BCUT2D eigenvalue weighted by Gasteiger charge is 2.45. The number of hydrogen-bond donors (Lipinski definition) is 3. The second-order valence-corrected chi connectivity index (χ2v) is 11.4. The van der Waals surface area contributed by atoms with Gasteiger partial charge in [-0.3, -0.25) is 14.6 Å². The number of carbonyl (C=O) groups excluding carboxylic acids is 1. The highest BCUT2D eigenvalue weighted by Crippen LogP contribution is 2.32. The zero-order valence-corrected chi connectivity index (χ0v) is 25.5. The number of quaternary nitrogens is 1. The Morgan fingerprint density at radius 3 is 2.37 bits per heavy atom. The van der Waals surface area contributed by atoms with Crippen LogP contribution in [-0.4, -0.2) is 77.4 Å². The Morgan fingerprint density at radius 1 is 1.17 bits per heavy atom. The van der Waals surface area contributed by atoms with Crippen molar-refractivity contribution < 1.29 is 27.7 Å². The summed E-state index contributed by atoms with van der Waals surface area (Å²) in [6.45, 7) is 10.1. The quantitative estimate of drug-likeness (QED) is 0.169. The minimum atomic E-state index is -2.25. The maximum absolute atomic E-state index is 12.6. The number of thiol groups is 1. The number of hydroxylamine groups is 1. The Bertz CT molecular complexity index is 1150. The number of nitrogens with zero attached hydrogens (tertiary/aromatic N) is 3. The van der Waals surface area contributed by atoms with E-state index in [4.69, 9.17) is 4.74 Å². The zero-order chi connectivity index (χ0) is 30.0. The number of unbranched alkanes of at least 4 members (excludes halogenated alkanes) is 1. The van der Waals surface area contributed by atoms with Gasteiger partial charge in [-0.25, -0.2) is 8.78 Å². The van der Waals surface area contributed by atoms with Crippen LogP contribution in [0.2, 0.25) is 0 Å². The number of halogens is 2. The SMILES string of the molecule is CCC/C=C\c1c(C)c(C)cc(OC)c1CN1CCN(CC(F)F)CC1.O=C(N[N+](O)(S)C1CC1)c1ccccc1. The van der Waals surface area contributed by atoms with Gasteiger partial charge in [0.1, 0.15) is 18.6 Å². The fraction of sp³-hybridized carbons (Fsp3) is 0.516. The Balaban J connectivity index is 0.000000260. The number of aryl methyl sites for hydroxylation is 1. The van der Waals surface area contributed by atoms with E-state index < -0.39 is 10.6 Å². The zero-order valence-electron chi connectivity index (χ0n) is 24.7. The van der Waals surface area contributed by atoms with Crippen molar-refractivity contribution in [2.75, 3.05) is 39.8 Å².